The van der Waals surface area contributed by atoms with Gasteiger partial charge in [-0.05, 0) is 26.3 Å². The van der Waals surface area contributed by atoms with E-state index in [1.807, 2.05) is 0 Å². The summed E-state index contributed by atoms with van der Waals surface area (Å²) in [4.78, 5) is 2.25. The zero-order valence-electron chi connectivity index (χ0n) is 9.75. The van der Waals surface area contributed by atoms with Crippen LogP contribution in [0, 0.1) is 0 Å². The molecule has 0 N–H and O–H groups in total. The lowest BCUT2D eigenvalue weighted by Gasteiger charge is -2.21. The molecule has 4 heteroatoms. The first-order valence-corrected chi connectivity index (χ1v) is 6.09. The van der Waals surface area contributed by atoms with Crippen LogP contribution in [-0.4, -0.2) is 56.8 Å². The third kappa shape index (κ3) is 5.71. The minimum atomic E-state index is 0.0875. The first kappa shape index (κ1) is 13.2. The van der Waals surface area contributed by atoms with Crippen molar-refractivity contribution < 1.29 is 9.47 Å². The summed E-state index contributed by atoms with van der Waals surface area (Å²) in [6.45, 7) is 3.49. The van der Waals surface area contributed by atoms with Gasteiger partial charge < -0.3 is 14.4 Å². The Hall–Kier alpha value is 0.170. The molecule has 0 spiro atoms. The van der Waals surface area contributed by atoms with E-state index >= 15 is 0 Å². The summed E-state index contributed by atoms with van der Waals surface area (Å²) in [5, 5.41) is 0.0875. The highest BCUT2D eigenvalue weighted by Gasteiger charge is 2.16. The topological polar surface area (TPSA) is 21.7 Å². The van der Waals surface area contributed by atoms with Gasteiger partial charge in [0, 0.05) is 26.8 Å². The number of nitrogens with zero attached hydrogens (tertiary/aromatic N) is 1. The fourth-order valence-electron chi connectivity index (χ4n) is 1.90. The average Bonchev–Trinajstić information content (AvgIpc) is 2.67. The van der Waals surface area contributed by atoms with Crippen molar-refractivity contribution in [2.75, 3.05) is 40.5 Å². The molecule has 0 aliphatic carbocycles. The average molecular weight is 236 g/mol. The zero-order valence-corrected chi connectivity index (χ0v) is 10.5. The van der Waals surface area contributed by atoms with E-state index in [4.69, 9.17) is 21.1 Å². The van der Waals surface area contributed by atoms with Gasteiger partial charge in [0.2, 0.25) is 0 Å². The van der Waals surface area contributed by atoms with Gasteiger partial charge in [-0.25, -0.2) is 0 Å². The second kappa shape index (κ2) is 7.44. The summed E-state index contributed by atoms with van der Waals surface area (Å²) in [7, 11) is 3.78. The number of ether oxygens (including phenoxy) is 2. The van der Waals surface area contributed by atoms with E-state index in [1.54, 1.807) is 7.11 Å². The number of methoxy groups -OCH3 is 1. The Balaban J connectivity index is 2.04. The molecule has 90 valence electrons. The Kier molecular flexibility index (Phi) is 6.57. The molecule has 2 unspecified atom stereocenters. The van der Waals surface area contributed by atoms with Crippen LogP contribution in [0.1, 0.15) is 19.3 Å². The van der Waals surface area contributed by atoms with Crippen molar-refractivity contribution in [1.82, 2.24) is 4.90 Å². The van der Waals surface area contributed by atoms with E-state index in [1.165, 1.54) is 12.8 Å². The summed E-state index contributed by atoms with van der Waals surface area (Å²) in [5.74, 6) is 0. The molecule has 0 radical (unpaired) electrons. The molecule has 1 aliphatic rings. The standard InChI is InChI=1S/C11H22ClNO2/c1-13(8-10(12)9-14-2)6-5-11-4-3-7-15-11/h10-11H,3-9H2,1-2H3. The Morgan fingerprint density at radius 3 is 3.00 bits per heavy atom. The number of rotatable bonds is 7. The Morgan fingerprint density at radius 1 is 1.60 bits per heavy atom. The SMILES string of the molecule is COCC(Cl)CN(C)CCC1CCCO1. The fraction of sp³-hybridized carbons (Fsp3) is 1.00. The molecule has 0 saturated carbocycles. The van der Waals surface area contributed by atoms with Gasteiger partial charge in [-0.2, -0.15) is 0 Å². The molecule has 0 aromatic heterocycles. The fourth-order valence-corrected chi connectivity index (χ4v) is 2.26. The highest BCUT2D eigenvalue weighted by atomic mass is 35.5. The normalized spacial score (nSPS) is 23.6. The number of halogens is 1. The van der Waals surface area contributed by atoms with Crippen LogP contribution in [0.4, 0.5) is 0 Å². The summed E-state index contributed by atoms with van der Waals surface area (Å²) >= 11 is 6.07. The molecule has 0 aromatic rings. The second-order valence-electron chi connectivity index (χ2n) is 4.24. The van der Waals surface area contributed by atoms with E-state index in [2.05, 4.69) is 11.9 Å². The van der Waals surface area contributed by atoms with E-state index < -0.39 is 0 Å². The van der Waals surface area contributed by atoms with Crippen LogP contribution in [-0.2, 0) is 9.47 Å². The zero-order chi connectivity index (χ0) is 11.1. The number of hydrogen-bond donors (Lipinski definition) is 0. The van der Waals surface area contributed by atoms with E-state index in [0.29, 0.717) is 12.7 Å². The van der Waals surface area contributed by atoms with Gasteiger partial charge in [0.15, 0.2) is 0 Å². The van der Waals surface area contributed by atoms with Crippen LogP contribution in [0.15, 0.2) is 0 Å². The largest absolute Gasteiger partial charge is 0.383 e. The van der Waals surface area contributed by atoms with Crippen molar-refractivity contribution in [2.24, 2.45) is 0 Å². The maximum absolute atomic E-state index is 6.07. The van der Waals surface area contributed by atoms with E-state index in [-0.39, 0.29) is 5.38 Å². The summed E-state index contributed by atoms with van der Waals surface area (Å²) in [6, 6.07) is 0. The molecular formula is C11H22ClNO2. The van der Waals surface area contributed by atoms with Crippen LogP contribution < -0.4 is 0 Å². The second-order valence-corrected chi connectivity index (χ2v) is 4.86. The van der Waals surface area contributed by atoms with Crippen molar-refractivity contribution in [3.05, 3.63) is 0 Å². The van der Waals surface area contributed by atoms with Gasteiger partial charge in [0.25, 0.3) is 0 Å². The maximum Gasteiger partial charge on any atom is 0.0696 e. The van der Waals surface area contributed by atoms with Gasteiger partial charge in [-0.15, -0.1) is 11.6 Å². The molecule has 3 nitrogen and oxygen atoms in total. The summed E-state index contributed by atoms with van der Waals surface area (Å²) < 4.78 is 10.6. The first-order chi connectivity index (χ1) is 7.22. The first-order valence-electron chi connectivity index (χ1n) is 5.65. The molecule has 0 aromatic carbocycles. The van der Waals surface area contributed by atoms with Gasteiger partial charge in [-0.1, -0.05) is 0 Å². The van der Waals surface area contributed by atoms with Crippen LogP contribution in [0.5, 0.6) is 0 Å². The Morgan fingerprint density at radius 2 is 2.40 bits per heavy atom. The van der Waals surface area contributed by atoms with Crippen molar-refractivity contribution in [3.63, 3.8) is 0 Å². The lowest BCUT2D eigenvalue weighted by Crippen LogP contribution is -2.31. The molecule has 1 saturated heterocycles. The molecule has 1 aliphatic heterocycles. The molecule has 0 amide bonds. The van der Waals surface area contributed by atoms with Crippen LogP contribution >= 0.6 is 11.6 Å². The smallest absolute Gasteiger partial charge is 0.0696 e. The predicted molar refractivity (Wildman–Crippen MR) is 62.6 cm³/mol. The minimum absolute atomic E-state index is 0.0875. The minimum Gasteiger partial charge on any atom is -0.383 e. The molecular weight excluding hydrogens is 214 g/mol. The molecule has 2 atom stereocenters. The van der Waals surface area contributed by atoms with Crippen molar-refractivity contribution in [1.29, 1.82) is 0 Å². The Bertz CT molecular complexity index is 163. The van der Waals surface area contributed by atoms with Gasteiger partial charge >= 0.3 is 0 Å². The van der Waals surface area contributed by atoms with Crippen molar-refractivity contribution in [3.8, 4) is 0 Å². The third-order valence-electron chi connectivity index (χ3n) is 2.71. The van der Waals surface area contributed by atoms with E-state index in [9.17, 15) is 0 Å². The highest BCUT2D eigenvalue weighted by molar-refractivity contribution is 6.20. The third-order valence-corrected chi connectivity index (χ3v) is 2.98. The highest BCUT2D eigenvalue weighted by Crippen LogP contribution is 2.15. The lowest BCUT2D eigenvalue weighted by atomic mass is 10.2. The van der Waals surface area contributed by atoms with E-state index in [0.717, 1.165) is 26.1 Å². The molecule has 1 heterocycles. The Labute approximate surface area is 97.7 Å². The van der Waals surface area contributed by atoms with Crippen LogP contribution in [0.2, 0.25) is 0 Å². The molecule has 15 heavy (non-hydrogen) atoms. The van der Waals surface area contributed by atoms with Crippen molar-refractivity contribution >= 4 is 11.6 Å². The van der Waals surface area contributed by atoms with Crippen LogP contribution in [0.3, 0.4) is 0 Å². The quantitative estimate of drug-likeness (QED) is 0.628. The number of alkyl halides is 1. The van der Waals surface area contributed by atoms with Gasteiger partial charge in [0.1, 0.15) is 0 Å². The van der Waals surface area contributed by atoms with Gasteiger partial charge in [-0.3, -0.25) is 0 Å². The predicted octanol–water partition coefficient (Wildman–Crippen LogP) is 1.74. The maximum atomic E-state index is 6.07. The van der Waals surface area contributed by atoms with Gasteiger partial charge in [0.05, 0.1) is 18.1 Å². The summed E-state index contributed by atoms with van der Waals surface area (Å²) in [6.07, 6.45) is 4.03. The summed E-state index contributed by atoms with van der Waals surface area (Å²) in [5.41, 5.74) is 0. The monoisotopic (exact) mass is 235 g/mol. The van der Waals surface area contributed by atoms with Crippen molar-refractivity contribution in [2.45, 2.75) is 30.7 Å². The molecule has 1 rings (SSSR count). The molecule has 1 fully saturated rings. The lowest BCUT2D eigenvalue weighted by molar-refractivity contribution is 0.0938. The van der Waals surface area contributed by atoms with Crippen LogP contribution in [0.25, 0.3) is 0 Å². The number of hydrogen-bond acceptors (Lipinski definition) is 3. The molecule has 0 bridgehead atoms.